The minimum absolute atomic E-state index is 0.748. The highest BCUT2D eigenvalue weighted by atomic mass is 32.1. The summed E-state index contributed by atoms with van der Waals surface area (Å²) in [6.45, 7) is 6.34. The summed E-state index contributed by atoms with van der Waals surface area (Å²) in [5, 5.41) is 0. The third-order valence-electron chi connectivity index (χ3n) is 3.51. The van der Waals surface area contributed by atoms with Crippen LogP contribution in [0.2, 0.25) is 0 Å². The molecule has 0 bridgehead atoms. The van der Waals surface area contributed by atoms with E-state index in [0.717, 1.165) is 16.0 Å². The van der Waals surface area contributed by atoms with Gasteiger partial charge in [-0.25, -0.2) is 0 Å². The summed E-state index contributed by atoms with van der Waals surface area (Å²) in [4.78, 5) is 3.29. The van der Waals surface area contributed by atoms with Crippen LogP contribution in [-0.4, -0.2) is 9.55 Å². The van der Waals surface area contributed by atoms with Crippen molar-refractivity contribution in [3.63, 3.8) is 0 Å². The fourth-order valence-corrected chi connectivity index (χ4v) is 2.82. The Hall–Kier alpha value is -1.87. The highest BCUT2D eigenvalue weighted by Gasteiger charge is 2.10. The summed E-state index contributed by atoms with van der Waals surface area (Å²) in [5.74, 6) is 0. The van der Waals surface area contributed by atoms with Crippen molar-refractivity contribution in [1.29, 1.82) is 0 Å². The van der Waals surface area contributed by atoms with Gasteiger partial charge in [0.05, 0.1) is 16.7 Å². The van der Waals surface area contributed by atoms with E-state index >= 15 is 0 Å². The third kappa shape index (κ3) is 1.90. The van der Waals surface area contributed by atoms with Crippen LogP contribution < -0.4 is 0 Å². The van der Waals surface area contributed by atoms with Gasteiger partial charge in [-0.3, -0.25) is 4.57 Å². The summed E-state index contributed by atoms with van der Waals surface area (Å²) in [7, 11) is 0. The molecule has 3 heteroatoms. The van der Waals surface area contributed by atoms with Gasteiger partial charge >= 0.3 is 0 Å². The molecule has 1 N–H and O–H groups in total. The lowest BCUT2D eigenvalue weighted by atomic mass is 10.1. The lowest BCUT2D eigenvalue weighted by molar-refractivity contribution is 1.04. The number of nitrogens with one attached hydrogen (secondary N) is 1. The fraction of sp³-hybridized carbons (Fsp3) is 0.188. The maximum atomic E-state index is 5.50. The molecule has 0 saturated heterocycles. The van der Waals surface area contributed by atoms with Crippen LogP contribution >= 0.6 is 12.2 Å². The Bertz CT molecular complexity index is 824. The van der Waals surface area contributed by atoms with Crippen molar-refractivity contribution >= 4 is 23.3 Å². The molecule has 0 spiro atoms. The van der Waals surface area contributed by atoms with Crippen LogP contribution in [0.4, 0.5) is 0 Å². The average molecular weight is 268 g/mol. The number of fused-ring (bicyclic) bond motifs is 1. The van der Waals surface area contributed by atoms with Gasteiger partial charge in [0.15, 0.2) is 4.77 Å². The van der Waals surface area contributed by atoms with Crippen LogP contribution in [0.25, 0.3) is 16.7 Å². The molecule has 0 amide bonds. The summed E-state index contributed by atoms with van der Waals surface area (Å²) >= 11 is 5.50. The zero-order valence-electron chi connectivity index (χ0n) is 11.3. The Balaban J connectivity index is 2.46. The number of imidazole rings is 1. The first-order chi connectivity index (χ1) is 9.08. The third-order valence-corrected chi connectivity index (χ3v) is 3.80. The summed E-state index contributed by atoms with van der Waals surface area (Å²) in [6.07, 6.45) is 0. The number of H-pyrrole nitrogens is 1. The number of nitrogens with zero attached hydrogens (tertiary/aromatic N) is 1. The van der Waals surface area contributed by atoms with E-state index in [4.69, 9.17) is 12.2 Å². The number of para-hydroxylation sites is 1. The lowest BCUT2D eigenvalue weighted by Crippen LogP contribution is -1.98. The molecular formula is C16H16N2S. The van der Waals surface area contributed by atoms with Gasteiger partial charge in [-0.15, -0.1) is 0 Å². The highest BCUT2D eigenvalue weighted by molar-refractivity contribution is 7.71. The van der Waals surface area contributed by atoms with Crippen molar-refractivity contribution in [1.82, 2.24) is 9.55 Å². The molecule has 2 aromatic carbocycles. The van der Waals surface area contributed by atoms with Gasteiger partial charge < -0.3 is 4.98 Å². The van der Waals surface area contributed by atoms with Crippen molar-refractivity contribution in [3.05, 3.63) is 57.9 Å². The van der Waals surface area contributed by atoms with Crippen LogP contribution in [0.5, 0.6) is 0 Å². The number of benzene rings is 2. The predicted molar refractivity (Wildman–Crippen MR) is 82.7 cm³/mol. The number of hydrogen-bond donors (Lipinski definition) is 1. The summed E-state index contributed by atoms with van der Waals surface area (Å²) < 4.78 is 2.89. The molecule has 3 rings (SSSR count). The SMILES string of the molecule is Cc1ccc(C)c(-n2c(=S)[nH]c3cccc(C)c32)c1. The Morgan fingerprint density at radius 1 is 1.00 bits per heavy atom. The molecule has 19 heavy (non-hydrogen) atoms. The molecule has 96 valence electrons. The standard InChI is InChI=1S/C16H16N2S/c1-10-7-8-11(2)14(9-10)18-15-12(3)5-4-6-13(15)17-16(18)19/h4-9H,1-3H3,(H,17,19). The molecule has 1 aromatic heterocycles. The molecule has 0 saturated carbocycles. The Morgan fingerprint density at radius 2 is 1.79 bits per heavy atom. The van der Waals surface area contributed by atoms with Gasteiger partial charge in [0.2, 0.25) is 0 Å². The molecule has 0 radical (unpaired) electrons. The van der Waals surface area contributed by atoms with E-state index in [-0.39, 0.29) is 0 Å². The molecule has 0 atom stereocenters. The van der Waals surface area contributed by atoms with Crippen molar-refractivity contribution in [3.8, 4) is 5.69 Å². The number of rotatable bonds is 1. The Kier molecular flexibility index (Phi) is 2.79. The van der Waals surface area contributed by atoms with Gasteiger partial charge in [0.25, 0.3) is 0 Å². The monoisotopic (exact) mass is 268 g/mol. The molecule has 0 fully saturated rings. The minimum atomic E-state index is 0.748. The van der Waals surface area contributed by atoms with Gasteiger partial charge in [0.1, 0.15) is 0 Å². The first-order valence-corrected chi connectivity index (χ1v) is 6.77. The van der Waals surface area contributed by atoms with Crippen molar-refractivity contribution < 1.29 is 0 Å². The summed E-state index contributed by atoms with van der Waals surface area (Å²) in [5.41, 5.74) is 7.11. The van der Waals surface area contributed by atoms with Crippen molar-refractivity contribution in [2.45, 2.75) is 20.8 Å². The molecule has 0 aliphatic rings. The van der Waals surface area contributed by atoms with Crippen LogP contribution in [0.15, 0.2) is 36.4 Å². The van der Waals surface area contributed by atoms with E-state index in [1.165, 1.54) is 22.2 Å². The smallest absolute Gasteiger partial charge is 0.182 e. The maximum absolute atomic E-state index is 5.50. The molecule has 0 unspecified atom stereocenters. The van der Waals surface area contributed by atoms with Crippen LogP contribution in [0.3, 0.4) is 0 Å². The summed E-state index contributed by atoms with van der Waals surface area (Å²) in [6, 6.07) is 12.7. The van der Waals surface area contributed by atoms with Crippen molar-refractivity contribution in [2.24, 2.45) is 0 Å². The first-order valence-electron chi connectivity index (χ1n) is 6.36. The van der Waals surface area contributed by atoms with E-state index in [2.05, 4.69) is 66.7 Å². The second kappa shape index (κ2) is 4.35. The largest absolute Gasteiger partial charge is 0.330 e. The van der Waals surface area contributed by atoms with Crippen LogP contribution in [0.1, 0.15) is 16.7 Å². The number of aryl methyl sites for hydroxylation is 3. The molecule has 3 aromatic rings. The fourth-order valence-electron chi connectivity index (χ4n) is 2.52. The normalized spacial score (nSPS) is 11.1. The average Bonchev–Trinajstić information content (AvgIpc) is 2.70. The van der Waals surface area contributed by atoms with Gasteiger partial charge in [-0.2, -0.15) is 0 Å². The first kappa shape index (κ1) is 12.2. The Morgan fingerprint density at radius 3 is 2.58 bits per heavy atom. The zero-order valence-corrected chi connectivity index (χ0v) is 12.1. The van der Waals surface area contributed by atoms with Gasteiger partial charge in [-0.1, -0.05) is 24.3 Å². The van der Waals surface area contributed by atoms with Gasteiger partial charge in [0, 0.05) is 0 Å². The predicted octanol–water partition coefficient (Wildman–Crippen LogP) is 4.61. The topological polar surface area (TPSA) is 20.7 Å². The molecule has 0 aliphatic heterocycles. The van der Waals surface area contributed by atoms with E-state index in [1.807, 2.05) is 0 Å². The number of aromatic nitrogens is 2. The molecule has 1 heterocycles. The van der Waals surface area contributed by atoms with Crippen molar-refractivity contribution in [2.75, 3.05) is 0 Å². The van der Waals surface area contributed by atoms with E-state index in [0.29, 0.717) is 0 Å². The minimum Gasteiger partial charge on any atom is -0.330 e. The molecule has 2 nitrogen and oxygen atoms in total. The van der Waals surface area contributed by atoms with Crippen LogP contribution in [0, 0.1) is 25.5 Å². The Labute approximate surface area is 117 Å². The van der Waals surface area contributed by atoms with Crippen LogP contribution in [-0.2, 0) is 0 Å². The quantitative estimate of drug-likeness (QED) is 0.639. The number of aromatic amines is 1. The molecule has 0 aliphatic carbocycles. The zero-order chi connectivity index (χ0) is 13.6. The second-order valence-corrected chi connectivity index (χ2v) is 5.41. The van der Waals surface area contributed by atoms with E-state index in [1.54, 1.807) is 0 Å². The van der Waals surface area contributed by atoms with Gasteiger partial charge in [-0.05, 0) is 61.8 Å². The number of hydrogen-bond acceptors (Lipinski definition) is 1. The lowest BCUT2D eigenvalue weighted by Gasteiger charge is -2.10. The van der Waals surface area contributed by atoms with E-state index < -0.39 is 0 Å². The highest BCUT2D eigenvalue weighted by Crippen LogP contribution is 2.25. The maximum Gasteiger partial charge on any atom is 0.182 e. The second-order valence-electron chi connectivity index (χ2n) is 5.03. The molecular weight excluding hydrogens is 252 g/mol. The van der Waals surface area contributed by atoms with E-state index in [9.17, 15) is 0 Å².